The summed E-state index contributed by atoms with van der Waals surface area (Å²) in [6, 6.07) is 4.54. The Bertz CT molecular complexity index is 314. The molecule has 1 rings (SSSR count). The van der Waals surface area contributed by atoms with Crippen LogP contribution in [0.5, 0.6) is 0 Å². The highest BCUT2D eigenvalue weighted by Gasteiger charge is 2.22. The average molecular weight is 255 g/mol. The van der Waals surface area contributed by atoms with Crippen LogP contribution in [-0.2, 0) is 5.41 Å². The number of hydrogen-bond acceptors (Lipinski definition) is 0. The second kappa shape index (κ2) is 4.06. The molecule has 0 aliphatic carbocycles. The summed E-state index contributed by atoms with van der Waals surface area (Å²) >= 11 is 3.59. The second-order valence-corrected chi connectivity index (χ2v) is 5.35. The van der Waals surface area contributed by atoms with E-state index in [9.17, 15) is 0 Å². The van der Waals surface area contributed by atoms with Crippen LogP contribution in [0.4, 0.5) is 0 Å². The number of rotatable bonds is 2. The summed E-state index contributed by atoms with van der Waals surface area (Å²) in [7, 11) is 0. The van der Waals surface area contributed by atoms with E-state index in [2.05, 4.69) is 62.7 Å². The van der Waals surface area contributed by atoms with Crippen LogP contribution in [0.1, 0.15) is 36.1 Å². The summed E-state index contributed by atoms with van der Waals surface area (Å²) in [4.78, 5) is 0. The third-order valence-corrected chi connectivity index (χ3v) is 4.09. The molecule has 1 heteroatoms. The average Bonchev–Trinajstić information content (AvgIpc) is 2.01. The van der Waals surface area contributed by atoms with E-state index in [1.165, 1.54) is 22.3 Å². The molecule has 0 spiro atoms. The van der Waals surface area contributed by atoms with Crippen molar-refractivity contribution >= 4 is 15.9 Å². The summed E-state index contributed by atoms with van der Waals surface area (Å²) in [6.45, 7) is 11.1. The van der Waals surface area contributed by atoms with E-state index in [0.29, 0.717) is 0 Å². The predicted molar refractivity (Wildman–Crippen MR) is 67.5 cm³/mol. The van der Waals surface area contributed by atoms with Crippen LogP contribution < -0.4 is 0 Å². The van der Waals surface area contributed by atoms with Gasteiger partial charge in [0, 0.05) is 5.33 Å². The molecule has 0 atom stereocenters. The van der Waals surface area contributed by atoms with Gasteiger partial charge >= 0.3 is 0 Å². The smallest absolute Gasteiger partial charge is 0.0123 e. The van der Waals surface area contributed by atoms with E-state index in [1.54, 1.807) is 0 Å². The Morgan fingerprint density at radius 1 is 1.07 bits per heavy atom. The molecule has 0 bridgehead atoms. The number of hydrogen-bond donors (Lipinski definition) is 0. The third-order valence-electron chi connectivity index (χ3n) is 2.69. The summed E-state index contributed by atoms with van der Waals surface area (Å²) in [5.41, 5.74) is 5.88. The fraction of sp³-hybridized carbons (Fsp3) is 0.538. The van der Waals surface area contributed by atoms with Gasteiger partial charge < -0.3 is 0 Å². The first-order valence-electron chi connectivity index (χ1n) is 5.03. The summed E-state index contributed by atoms with van der Waals surface area (Å²) in [5, 5.41) is 1.00. The molecule has 0 saturated heterocycles. The van der Waals surface area contributed by atoms with E-state index in [0.717, 1.165) is 5.33 Å². The Morgan fingerprint density at radius 2 is 1.50 bits per heavy atom. The molecule has 0 aliphatic heterocycles. The van der Waals surface area contributed by atoms with Gasteiger partial charge in [0.25, 0.3) is 0 Å². The van der Waals surface area contributed by atoms with Crippen molar-refractivity contribution in [3.05, 3.63) is 34.4 Å². The Morgan fingerprint density at radius 3 is 1.86 bits per heavy atom. The fourth-order valence-electron chi connectivity index (χ4n) is 2.31. The van der Waals surface area contributed by atoms with Gasteiger partial charge in [0.2, 0.25) is 0 Å². The summed E-state index contributed by atoms with van der Waals surface area (Å²) in [6.07, 6.45) is 0. The second-order valence-electron chi connectivity index (χ2n) is 4.79. The molecule has 0 amide bonds. The van der Waals surface area contributed by atoms with Gasteiger partial charge in [-0.2, -0.15) is 0 Å². The van der Waals surface area contributed by atoms with E-state index in [-0.39, 0.29) is 5.41 Å². The van der Waals surface area contributed by atoms with E-state index in [4.69, 9.17) is 0 Å². The first-order valence-corrected chi connectivity index (χ1v) is 6.15. The van der Waals surface area contributed by atoms with Crippen molar-refractivity contribution in [3.63, 3.8) is 0 Å². The molecule has 0 radical (unpaired) electrons. The van der Waals surface area contributed by atoms with Crippen molar-refractivity contribution in [2.45, 2.75) is 40.0 Å². The SMILES string of the molecule is Cc1cc(C)c(C(C)(C)CBr)c(C)c1. The monoisotopic (exact) mass is 254 g/mol. The van der Waals surface area contributed by atoms with Crippen molar-refractivity contribution in [1.82, 2.24) is 0 Å². The lowest BCUT2D eigenvalue weighted by Crippen LogP contribution is -2.21. The maximum Gasteiger partial charge on any atom is 0.0123 e. The number of halogens is 1. The van der Waals surface area contributed by atoms with E-state index in [1.807, 2.05) is 0 Å². The summed E-state index contributed by atoms with van der Waals surface area (Å²) in [5.74, 6) is 0. The molecule has 0 nitrogen and oxygen atoms in total. The van der Waals surface area contributed by atoms with Crippen LogP contribution in [0.25, 0.3) is 0 Å². The predicted octanol–water partition coefficient (Wildman–Crippen LogP) is 4.28. The van der Waals surface area contributed by atoms with Gasteiger partial charge in [-0.15, -0.1) is 0 Å². The molecule has 0 saturated carbocycles. The first kappa shape index (κ1) is 11.8. The highest BCUT2D eigenvalue weighted by atomic mass is 79.9. The molecule has 0 N–H and O–H groups in total. The Balaban J connectivity index is 3.35. The highest BCUT2D eigenvalue weighted by Crippen LogP contribution is 2.31. The zero-order chi connectivity index (χ0) is 10.9. The van der Waals surface area contributed by atoms with Crippen LogP contribution in [0.2, 0.25) is 0 Å². The minimum absolute atomic E-state index is 0.224. The van der Waals surface area contributed by atoms with Crippen LogP contribution >= 0.6 is 15.9 Å². The van der Waals surface area contributed by atoms with Crippen LogP contribution in [0.3, 0.4) is 0 Å². The highest BCUT2D eigenvalue weighted by molar-refractivity contribution is 9.09. The van der Waals surface area contributed by atoms with Gasteiger partial charge in [0.15, 0.2) is 0 Å². The van der Waals surface area contributed by atoms with Gasteiger partial charge in [0.1, 0.15) is 0 Å². The van der Waals surface area contributed by atoms with Crippen molar-refractivity contribution in [2.24, 2.45) is 0 Å². The lowest BCUT2D eigenvalue weighted by Gasteiger charge is -2.27. The lowest BCUT2D eigenvalue weighted by atomic mass is 9.80. The molecule has 0 heterocycles. The van der Waals surface area contributed by atoms with Crippen LogP contribution in [0, 0.1) is 20.8 Å². The molecule has 0 aromatic heterocycles. The van der Waals surface area contributed by atoms with Crippen LogP contribution in [-0.4, -0.2) is 5.33 Å². The third kappa shape index (κ3) is 2.20. The normalized spacial score (nSPS) is 11.9. The molecule has 1 aromatic carbocycles. The molecule has 14 heavy (non-hydrogen) atoms. The largest absolute Gasteiger partial charge is 0.0919 e. The quantitative estimate of drug-likeness (QED) is 0.692. The van der Waals surface area contributed by atoms with E-state index >= 15 is 0 Å². The van der Waals surface area contributed by atoms with Crippen molar-refractivity contribution < 1.29 is 0 Å². The Labute approximate surface area is 95.9 Å². The molecular formula is C13H19Br. The minimum Gasteiger partial charge on any atom is -0.0919 e. The van der Waals surface area contributed by atoms with Gasteiger partial charge in [-0.1, -0.05) is 47.5 Å². The van der Waals surface area contributed by atoms with Gasteiger partial charge in [0.05, 0.1) is 0 Å². The Kier molecular flexibility index (Phi) is 3.41. The maximum atomic E-state index is 3.59. The maximum absolute atomic E-state index is 3.59. The van der Waals surface area contributed by atoms with Gasteiger partial charge in [-0.05, 0) is 42.9 Å². The number of benzene rings is 1. The first-order chi connectivity index (χ1) is 6.38. The fourth-order valence-corrected chi connectivity index (χ4v) is 2.59. The van der Waals surface area contributed by atoms with Crippen molar-refractivity contribution in [2.75, 3.05) is 5.33 Å². The van der Waals surface area contributed by atoms with E-state index < -0.39 is 0 Å². The van der Waals surface area contributed by atoms with Crippen LogP contribution in [0.15, 0.2) is 12.1 Å². The number of alkyl halides is 1. The van der Waals surface area contributed by atoms with Crippen molar-refractivity contribution in [3.8, 4) is 0 Å². The molecule has 78 valence electrons. The minimum atomic E-state index is 0.224. The van der Waals surface area contributed by atoms with Gasteiger partial charge in [-0.25, -0.2) is 0 Å². The number of aryl methyl sites for hydroxylation is 3. The molecule has 1 aromatic rings. The van der Waals surface area contributed by atoms with Gasteiger partial charge in [-0.3, -0.25) is 0 Å². The molecule has 0 fully saturated rings. The van der Waals surface area contributed by atoms with Crippen molar-refractivity contribution in [1.29, 1.82) is 0 Å². The standard InChI is InChI=1S/C13H19Br/c1-9-6-10(2)12(11(3)7-9)13(4,5)8-14/h6-7H,8H2,1-5H3. The Hall–Kier alpha value is -0.300. The zero-order valence-electron chi connectivity index (χ0n) is 9.74. The topological polar surface area (TPSA) is 0 Å². The molecular weight excluding hydrogens is 236 g/mol. The summed E-state index contributed by atoms with van der Waals surface area (Å²) < 4.78 is 0. The zero-order valence-corrected chi connectivity index (χ0v) is 11.3. The lowest BCUT2D eigenvalue weighted by molar-refractivity contribution is 0.597. The molecule has 0 aliphatic rings. The molecule has 0 unspecified atom stereocenters.